The first kappa shape index (κ1) is 20.2. The third-order valence-corrected chi connectivity index (χ3v) is 5.11. The fourth-order valence-electron chi connectivity index (χ4n) is 2.47. The van der Waals surface area contributed by atoms with Crippen LogP contribution < -0.4 is 19.5 Å². The largest absolute Gasteiger partial charge is 0.493 e. The second-order valence-electron chi connectivity index (χ2n) is 5.69. The molecule has 0 saturated heterocycles. The van der Waals surface area contributed by atoms with Crippen molar-refractivity contribution in [3.05, 3.63) is 39.0 Å². The van der Waals surface area contributed by atoms with Crippen LogP contribution in [0.3, 0.4) is 0 Å². The van der Waals surface area contributed by atoms with Gasteiger partial charge in [0.15, 0.2) is 11.5 Å². The molecular weight excluding hydrogens is 376 g/mol. The van der Waals surface area contributed by atoms with Crippen LogP contribution in [0.15, 0.2) is 24.3 Å². The van der Waals surface area contributed by atoms with E-state index in [1.54, 1.807) is 33.3 Å². The molecule has 0 bridgehead atoms. The molecule has 0 spiro atoms. The van der Waals surface area contributed by atoms with Crippen LogP contribution in [-0.2, 0) is 6.54 Å². The van der Waals surface area contributed by atoms with E-state index in [0.717, 1.165) is 10.4 Å². The van der Waals surface area contributed by atoms with Gasteiger partial charge in [-0.3, -0.25) is 0 Å². The number of carbonyl (C=O) groups excluding carboxylic acids is 1. The number of benzene rings is 1. The topological polar surface area (TPSA) is 60.0 Å². The predicted molar refractivity (Wildman–Crippen MR) is 104 cm³/mol. The van der Waals surface area contributed by atoms with Crippen LogP contribution in [0.4, 0.5) is 4.79 Å². The second kappa shape index (κ2) is 9.00. The van der Waals surface area contributed by atoms with Gasteiger partial charge in [0.2, 0.25) is 5.75 Å². The van der Waals surface area contributed by atoms with E-state index in [9.17, 15) is 4.79 Å². The Hall–Kier alpha value is -2.12. The van der Waals surface area contributed by atoms with Crippen LogP contribution in [0, 0.1) is 0 Å². The molecule has 2 amide bonds. The highest BCUT2D eigenvalue weighted by molar-refractivity contribution is 7.16. The van der Waals surface area contributed by atoms with Gasteiger partial charge in [-0.2, -0.15) is 0 Å². The Morgan fingerprint density at radius 2 is 1.81 bits per heavy atom. The number of methoxy groups -OCH3 is 3. The van der Waals surface area contributed by atoms with Gasteiger partial charge in [-0.15, -0.1) is 11.3 Å². The summed E-state index contributed by atoms with van der Waals surface area (Å²) in [6, 6.07) is 6.96. The third kappa shape index (κ3) is 4.74. The molecule has 1 atom stereocenters. The Labute approximate surface area is 162 Å². The molecule has 0 aliphatic rings. The minimum atomic E-state index is -0.245. The van der Waals surface area contributed by atoms with Crippen LogP contribution >= 0.6 is 22.9 Å². The van der Waals surface area contributed by atoms with Crippen molar-refractivity contribution in [3.63, 3.8) is 0 Å². The average molecular weight is 399 g/mol. The number of ether oxygens (including phenoxy) is 3. The minimum Gasteiger partial charge on any atom is -0.493 e. The summed E-state index contributed by atoms with van der Waals surface area (Å²) in [6.07, 6.45) is 0. The summed E-state index contributed by atoms with van der Waals surface area (Å²) in [6.45, 7) is 2.39. The summed E-state index contributed by atoms with van der Waals surface area (Å²) in [4.78, 5) is 15.1. The van der Waals surface area contributed by atoms with Crippen LogP contribution in [0.2, 0.25) is 4.34 Å². The summed E-state index contributed by atoms with van der Waals surface area (Å²) >= 11 is 7.39. The molecule has 2 rings (SSSR count). The van der Waals surface area contributed by atoms with Gasteiger partial charge in [0.1, 0.15) is 0 Å². The number of urea groups is 1. The van der Waals surface area contributed by atoms with Crippen molar-refractivity contribution in [3.8, 4) is 17.2 Å². The van der Waals surface area contributed by atoms with Crippen LogP contribution in [0.5, 0.6) is 17.2 Å². The Morgan fingerprint density at radius 1 is 1.19 bits per heavy atom. The highest BCUT2D eigenvalue weighted by Gasteiger charge is 2.19. The molecule has 0 saturated carbocycles. The molecule has 2 aromatic rings. The van der Waals surface area contributed by atoms with Crippen LogP contribution in [0.25, 0.3) is 0 Å². The standard InChI is InChI=1S/C18H23ClN2O4S/c1-11(12-8-14(23-3)17(25-5)15(9-12)24-4)20-18(22)21(2)10-13-6-7-16(19)26-13/h6-9,11H,10H2,1-5H3,(H,20,22). The molecular formula is C18H23ClN2O4S. The number of nitrogens with zero attached hydrogens (tertiary/aromatic N) is 1. The maximum atomic E-state index is 12.5. The normalized spacial score (nSPS) is 11.6. The maximum Gasteiger partial charge on any atom is 0.317 e. The highest BCUT2D eigenvalue weighted by atomic mass is 35.5. The van der Waals surface area contributed by atoms with Gasteiger partial charge in [0, 0.05) is 11.9 Å². The summed E-state index contributed by atoms with van der Waals surface area (Å²) in [7, 11) is 6.41. The lowest BCUT2D eigenvalue weighted by Crippen LogP contribution is -2.38. The Kier molecular flexibility index (Phi) is 6.99. The van der Waals surface area contributed by atoms with Crippen molar-refractivity contribution in [2.45, 2.75) is 19.5 Å². The number of hydrogen-bond donors (Lipinski definition) is 1. The van der Waals surface area contributed by atoms with Crippen molar-refractivity contribution < 1.29 is 19.0 Å². The molecule has 1 N–H and O–H groups in total. The zero-order valence-electron chi connectivity index (χ0n) is 15.5. The minimum absolute atomic E-state index is 0.184. The molecule has 1 unspecified atom stereocenters. The number of halogens is 1. The average Bonchev–Trinajstić information content (AvgIpc) is 3.04. The van der Waals surface area contributed by atoms with Gasteiger partial charge in [-0.25, -0.2) is 4.79 Å². The number of thiophene rings is 1. The molecule has 0 aliphatic heterocycles. The van der Waals surface area contributed by atoms with Crippen molar-refractivity contribution in [2.75, 3.05) is 28.4 Å². The summed E-state index contributed by atoms with van der Waals surface area (Å²) in [5, 5.41) is 2.97. The molecule has 0 fully saturated rings. The first-order valence-corrected chi connectivity index (χ1v) is 9.14. The van der Waals surface area contributed by atoms with Crippen LogP contribution in [0.1, 0.15) is 23.4 Å². The highest BCUT2D eigenvalue weighted by Crippen LogP contribution is 2.39. The Balaban J connectivity index is 2.10. The van der Waals surface area contributed by atoms with Gasteiger partial charge in [-0.1, -0.05) is 11.6 Å². The fourth-order valence-corrected chi connectivity index (χ4v) is 3.61. The third-order valence-electron chi connectivity index (χ3n) is 3.90. The van der Waals surface area contributed by atoms with E-state index in [4.69, 9.17) is 25.8 Å². The van der Waals surface area contributed by atoms with Crippen molar-refractivity contribution in [2.24, 2.45) is 0 Å². The van der Waals surface area contributed by atoms with E-state index in [-0.39, 0.29) is 12.1 Å². The Bertz CT molecular complexity index is 740. The molecule has 0 radical (unpaired) electrons. The lowest BCUT2D eigenvalue weighted by molar-refractivity contribution is 0.204. The number of rotatable bonds is 7. The molecule has 26 heavy (non-hydrogen) atoms. The number of amides is 2. The quantitative estimate of drug-likeness (QED) is 0.754. The summed E-state index contributed by atoms with van der Waals surface area (Å²) in [5.41, 5.74) is 0.848. The molecule has 1 aromatic carbocycles. The van der Waals surface area contributed by atoms with Crippen molar-refractivity contribution in [1.29, 1.82) is 0 Å². The SMILES string of the molecule is COc1cc(C(C)NC(=O)N(C)Cc2ccc(Cl)s2)cc(OC)c1OC. The maximum absolute atomic E-state index is 12.5. The monoisotopic (exact) mass is 398 g/mol. The second-order valence-corrected chi connectivity index (χ2v) is 7.49. The zero-order chi connectivity index (χ0) is 19.3. The van der Waals surface area contributed by atoms with Gasteiger partial charge >= 0.3 is 6.03 Å². The number of nitrogens with one attached hydrogen (secondary N) is 1. The molecule has 6 nitrogen and oxygen atoms in total. The number of hydrogen-bond acceptors (Lipinski definition) is 5. The molecule has 1 heterocycles. The molecule has 1 aromatic heterocycles. The van der Waals surface area contributed by atoms with E-state index in [1.165, 1.54) is 11.3 Å². The lowest BCUT2D eigenvalue weighted by atomic mass is 10.1. The number of carbonyl (C=O) groups is 1. The van der Waals surface area contributed by atoms with Crippen LogP contribution in [-0.4, -0.2) is 39.3 Å². The van der Waals surface area contributed by atoms with E-state index in [1.807, 2.05) is 31.2 Å². The van der Waals surface area contributed by atoms with Gasteiger partial charge in [0.05, 0.1) is 38.3 Å². The van der Waals surface area contributed by atoms with Crippen molar-refractivity contribution >= 4 is 29.0 Å². The zero-order valence-corrected chi connectivity index (χ0v) is 17.0. The van der Waals surface area contributed by atoms with Gasteiger partial charge in [0.25, 0.3) is 0 Å². The Morgan fingerprint density at radius 3 is 2.27 bits per heavy atom. The van der Waals surface area contributed by atoms with E-state index < -0.39 is 0 Å². The molecule has 8 heteroatoms. The van der Waals surface area contributed by atoms with E-state index in [0.29, 0.717) is 28.1 Å². The molecule has 142 valence electrons. The molecule has 0 aliphatic carbocycles. The van der Waals surface area contributed by atoms with Crippen molar-refractivity contribution in [1.82, 2.24) is 10.2 Å². The first-order chi connectivity index (χ1) is 12.4. The van der Waals surface area contributed by atoms with Gasteiger partial charge < -0.3 is 24.4 Å². The van der Waals surface area contributed by atoms with E-state index in [2.05, 4.69) is 5.32 Å². The van der Waals surface area contributed by atoms with E-state index >= 15 is 0 Å². The fraction of sp³-hybridized carbons (Fsp3) is 0.389. The lowest BCUT2D eigenvalue weighted by Gasteiger charge is -2.22. The predicted octanol–water partition coefficient (Wildman–Crippen LogP) is 4.33. The summed E-state index contributed by atoms with van der Waals surface area (Å²) < 4.78 is 16.8. The summed E-state index contributed by atoms with van der Waals surface area (Å²) in [5.74, 6) is 1.61. The van der Waals surface area contributed by atoms with Gasteiger partial charge in [-0.05, 0) is 36.8 Å². The smallest absolute Gasteiger partial charge is 0.317 e. The first-order valence-electron chi connectivity index (χ1n) is 7.95.